The van der Waals surface area contributed by atoms with E-state index in [2.05, 4.69) is 10.4 Å². The van der Waals surface area contributed by atoms with Gasteiger partial charge in [-0.3, -0.25) is 9.00 Å². The number of anilines is 1. The molecule has 0 spiro atoms. The molecule has 0 saturated carbocycles. The minimum Gasteiger partial charge on any atom is -0.306 e. The Bertz CT molecular complexity index is 898. The number of nitrogens with one attached hydrogen (secondary N) is 1. The standard InChI is InChI=1S/C17H18F3N3O2S/c1-16(2,3)23-14(12-8-26(25)9-13(12)22-23)21-15(24)10-5-4-6-11(7-10)17(18,19)20/h4-7H,8-9H2,1-3H3,(H,21,24)/t26-/m1/s1. The molecule has 9 heteroatoms. The Kier molecular flexibility index (Phi) is 4.46. The van der Waals surface area contributed by atoms with Gasteiger partial charge in [0.2, 0.25) is 0 Å². The lowest BCUT2D eigenvalue weighted by molar-refractivity contribution is -0.137. The third-order valence-electron chi connectivity index (χ3n) is 3.99. The lowest BCUT2D eigenvalue weighted by Gasteiger charge is -2.23. The summed E-state index contributed by atoms with van der Waals surface area (Å²) in [5.41, 5.74) is -0.117. The number of aromatic nitrogens is 2. The van der Waals surface area contributed by atoms with Crippen LogP contribution in [0.25, 0.3) is 0 Å². The van der Waals surface area contributed by atoms with E-state index in [4.69, 9.17) is 0 Å². The zero-order valence-corrected chi connectivity index (χ0v) is 15.3. The Morgan fingerprint density at radius 2 is 1.92 bits per heavy atom. The van der Waals surface area contributed by atoms with Gasteiger partial charge in [0.1, 0.15) is 5.82 Å². The van der Waals surface area contributed by atoms with Crippen LogP contribution in [0.1, 0.15) is 48.0 Å². The van der Waals surface area contributed by atoms with E-state index in [0.29, 0.717) is 22.8 Å². The van der Waals surface area contributed by atoms with Crippen LogP contribution in [0.3, 0.4) is 0 Å². The molecule has 5 nitrogen and oxygen atoms in total. The molecule has 0 unspecified atom stereocenters. The summed E-state index contributed by atoms with van der Waals surface area (Å²) in [6, 6.07) is 4.24. The zero-order chi connectivity index (χ0) is 19.3. The number of nitrogens with zero attached hydrogens (tertiary/aromatic N) is 2. The van der Waals surface area contributed by atoms with Gasteiger partial charge in [-0.15, -0.1) is 0 Å². The van der Waals surface area contributed by atoms with Crippen LogP contribution in [0.5, 0.6) is 0 Å². The van der Waals surface area contributed by atoms with Crippen LogP contribution in [0.15, 0.2) is 24.3 Å². The van der Waals surface area contributed by atoms with Crippen LogP contribution in [-0.2, 0) is 34.0 Å². The van der Waals surface area contributed by atoms with Crippen molar-refractivity contribution in [2.45, 2.75) is 44.0 Å². The molecule has 1 aromatic carbocycles. The predicted molar refractivity (Wildman–Crippen MR) is 92.2 cm³/mol. The average Bonchev–Trinajstić information content (AvgIpc) is 3.03. The van der Waals surface area contributed by atoms with Gasteiger partial charge in [-0.25, -0.2) is 4.68 Å². The van der Waals surface area contributed by atoms with Crippen molar-refractivity contribution in [3.05, 3.63) is 46.6 Å². The summed E-state index contributed by atoms with van der Waals surface area (Å²) in [5, 5.41) is 7.12. The number of amides is 1. The Morgan fingerprint density at radius 3 is 2.54 bits per heavy atom. The Labute approximate surface area is 151 Å². The van der Waals surface area contributed by atoms with Gasteiger partial charge >= 0.3 is 6.18 Å². The summed E-state index contributed by atoms with van der Waals surface area (Å²) in [5.74, 6) is 0.303. The first-order chi connectivity index (χ1) is 12.0. The normalized spacial score (nSPS) is 17.2. The lowest BCUT2D eigenvalue weighted by atomic mass is 10.1. The second-order valence-corrected chi connectivity index (χ2v) is 8.57. The number of carbonyl (C=O) groups excluding carboxylic acids is 1. The van der Waals surface area contributed by atoms with Crippen LogP contribution >= 0.6 is 0 Å². The number of fused-ring (bicyclic) bond motifs is 1. The quantitative estimate of drug-likeness (QED) is 0.858. The molecule has 1 aliphatic rings. The molecule has 1 atom stereocenters. The minimum atomic E-state index is -4.53. The van der Waals surface area contributed by atoms with E-state index in [0.717, 1.165) is 12.1 Å². The van der Waals surface area contributed by atoms with E-state index < -0.39 is 34.0 Å². The molecule has 1 aromatic heterocycles. The SMILES string of the molecule is CC(C)(C)n1nc2c(c1NC(=O)c1cccc(C(F)(F)F)c1)C[S@@](=O)C2. The van der Waals surface area contributed by atoms with Crippen molar-refractivity contribution in [3.8, 4) is 0 Å². The molecule has 26 heavy (non-hydrogen) atoms. The zero-order valence-electron chi connectivity index (χ0n) is 14.5. The predicted octanol–water partition coefficient (Wildman–Crippen LogP) is 3.67. The number of carbonyl (C=O) groups is 1. The van der Waals surface area contributed by atoms with Crippen LogP contribution < -0.4 is 5.32 Å². The van der Waals surface area contributed by atoms with Crippen LogP contribution in [0.2, 0.25) is 0 Å². The third-order valence-corrected chi connectivity index (χ3v) is 5.20. The van der Waals surface area contributed by atoms with E-state index >= 15 is 0 Å². The fraction of sp³-hybridized carbons (Fsp3) is 0.412. The van der Waals surface area contributed by atoms with Gasteiger partial charge in [0.15, 0.2) is 0 Å². The summed E-state index contributed by atoms with van der Waals surface area (Å²) in [6.07, 6.45) is -4.53. The highest BCUT2D eigenvalue weighted by Crippen LogP contribution is 2.34. The van der Waals surface area contributed by atoms with Gasteiger partial charge in [-0.05, 0) is 39.0 Å². The molecule has 0 aliphatic carbocycles. The average molecular weight is 385 g/mol. The van der Waals surface area contributed by atoms with Crippen LogP contribution in [-0.4, -0.2) is 19.9 Å². The van der Waals surface area contributed by atoms with Gasteiger partial charge in [-0.1, -0.05) is 6.07 Å². The number of hydrogen-bond acceptors (Lipinski definition) is 3. The third kappa shape index (κ3) is 3.53. The summed E-state index contributed by atoms with van der Waals surface area (Å²) >= 11 is 0. The van der Waals surface area contributed by atoms with Gasteiger partial charge in [0.05, 0.1) is 28.3 Å². The number of hydrogen-bond donors (Lipinski definition) is 1. The number of halogens is 3. The molecule has 1 N–H and O–H groups in total. The van der Waals surface area contributed by atoms with Crippen molar-refractivity contribution in [3.63, 3.8) is 0 Å². The highest BCUT2D eigenvalue weighted by atomic mass is 32.2. The minimum absolute atomic E-state index is 0.102. The van der Waals surface area contributed by atoms with Crippen molar-refractivity contribution < 1.29 is 22.2 Å². The first-order valence-corrected chi connectivity index (χ1v) is 9.40. The number of alkyl halides is 3. The van der Waals surface area contributed by atoms with Crippen molar-refractivity contribution in [1.82, 2.24) is 9.78 Å². The van der Waals surface area contributed by atoms with E-state index in [9.17, 15) is 22.2 Å². The summed E-state index contributed by atoms with van der Waals surface area (Å²) in [7, 11) is -1.08. The van der Waals surface area contributed by atoms with Gasteiger partial charge in [0.25, 0.3) is 5.91 Å². The van der Waals surface area contributed by atoms with E-state index in [-0.39, 0.29) is 11.3 Å². The fourth-order valence-corrected chi connectivity index (χ4v) is 4.02. The van der Waals surface area contributed by atoms with Gasteiger partial charge in [0, 0.05) is 21.9 Å². The summed E-state index contributed by atoms with van der Waals surface area (Å²) in [4.78, 5) is 12.6. The largest absolute Gasteiger partial charge is 0.416 e. The van der Waals surface area contributed by atoms with Gasteiger partial charge in [-0.2, -0.15) is 18.3 Å². The molecular weight excluding hydrogens is 367 g/mol. The molecule has 3 rings (SSSR count). The van der Waals surface area contributed by atoms with Crippen molar-refractivity contribution >= 4 is 22.5 Å². The topological polar surface area (TPSA) is 64.0 Å². The molecule has 2 heterocycles. The van der Waals surface area contributed by atoms with Crippen molar-refractivity contribution in [2.75, 3.05) is 5.32 Å². The molecule has 140 valence electrons. The molecule has 0 radical (unpaired) electrons. The second kappa shape index (κ2) is 6.22. The molecule has 0 bridgehead atoms. The van der Waals surface area contributed by atoms with Gasteiger partial charge < -0.3 is 5.32 Å². The monoisotopic (exact) mass is 385 g/mol. The smallest absolute Gasteiger partial charge is 0.306 e. The highest BCUT2D eigenvalue weighted by molar-refractivity contribution is 7.83. The number of benzene rings is 1. The van der Waals surface area contributed by atoms with Crippen molar-refractivity contribution in [1.29, 1.82) is 0 Å². The summed E-state index contributed by atoms with van der Waals surface area (Å²) < 4.78 is 52.1. The molecule has 1 aliphatic heterocycles. The van der Waals surface area contributed by atoms with Crippen LogP contribution in [0, 0.1) is 0 Å². The van der Waals surface area contributed by atoms with E-state index in [1.807, 2.05) is 20.8 Å². The van der Waals surface area contributed by atoms with E-state index in [1.165, 1.54) is 12.1 Å². The molecule has 0 fully saturated rings. The van der Waals surface area contributed by atoms with Crippen molar-refractivity contribution in [2.24, 2.45) is 0 Å². The maximum absolute atomic E-state index is 12.9. The highest BCUT2D eigenvalue weighted by Gasteiger charge is 2.33. The van der Waals surface area contributed by atoms with E-state index in [1.54, 1.807) is 4.68 Å². The summed E-state index contributed by atoms with van der Waals surface area (Å²) in [6.45, 7) is 5.68. The maximum atomic E-state index is 12.9. The second-order valence-electron chi connectivity index (χ2n) is 7.12. The first kappa shape index (κ1) is 18.6. The molecule has 1 amide bonds. The Hall–Kier alpha value is -2.16. The molecule has 0 saturated heterocycles. The molecule has 2 aromatic rings. The maximum Gasteiger partial charge on any atom is 0.416 e. The fourth-order valence-electron chi connectivity index (χ4n) is 2.76. The number of rotatable bonds is 2. The Balaban J connectivity index is 1.97. The molecular formula is C17H18F3N3O2S. The lowest BCUT2D eigenvalue weighted by Crippen LogP contribution is -2.27. The first-order valence-electron chi connectivity index (χ1n) is 7.91. The van der Waals surface area contributed by atoms with Crippen LogP contribution in [0.4, 0.5) is 19.0 Å². The Morgan fingerprint density at radius 1 is 1.23 bits per heavy atom.